The summed E-state index contributed by atoms with van der Waals surface area (Å²) in [4.78, 5) is 53.4. The van der Waals surface area contributed by atoms with Gasteiger partial charge in [-0.2, -0.15) is 23.5 Å². The zero-order valence-corrected chi connectivity index (χ0v) is 28.2. The van der Waals surface area contributed by atoms with Crippen molar-refractivity contribution in [2.45, 2.75) is 109 Å². The maximum atomic E-state index is 13.6. The van der Waals surface area contributed by atoms with Crippen LogP contribution in [0.2, 0.25) is 0 Å². The molecule has 0 saturated heterocycles. The number of nitrogens with one attached hydrogen (secondary N) is 4. The van der Waals surface area contributed by atoms with Gasteiger partial charge in [-0.1, -0.05) is 58.4 Å². The lowest BCUT2D eigenvalue weighted by Gasteiger charge is -2.29. The van der Waals surface area contributed by atoms with Gasteiger partial charge in [0, 0.05) is 35.5 Å². The molecule has 0 spiro atoms. The molecule has 4 amide bonds. The van der Waals surface area contributed by atoms with E-state index in [2.05, 4.69) is 45.5 Å². The van der Waals surface area contributed by atoms with E-state index in [1.807, 2.05) is 34.6 Å². The van der Waals surface area contributed by atoms with Gasteiger partial charge < -0.3 is 27.0 Å². The third kappa shape index (κ3) is 13.9. The summed E-state index contributed by atoms with van der Waals surface area (Å²) in [6.07, 6.45) is 3.23. The second kappa shape index (κ2) is 19.9. The van der Waals surface area contributed by atoms with Crippen LogP contribution in [-0.4, -0.2) is 65.8 Å². The van der Waals surface area contributed by atoms with E-state index in [1.165, 1.54) is 11.1 Å². The standard InChI is InChI=1S/C32H53N5O4S2/c1-6-22(4)29-32(41)34-23(5)18-43-20-25-11-9-10-24(17-25)19-42-15-13-28(38)35-26(12-7-8-14-33)30(39)36-27(16-21(2)3)31(40)37-29/h9-11,17,21-23,26-27,29H,6-8,12-16,18-20,33H2,1-5H3,(H,34,41)(H,35,38)(H,36,39)(H,37,40)/t22-,23+,26-,27-,29-/m0/s1. The number of hydrogen-bond donors (Lipinski definition) is 5. The highest BCUT2D eigenvalue weighted by molar-refractivity contribution is 7.98. The Kier molecular flexibility index (Phi) is 17.1. The molecule has 1 aliphatic rings. The Morgan fingerprint density at radius 2 is 1.56 bits per heavy atom. The number of thioether (sulfide) groups is 2. The summed E-state index contributed by atoms with van der Waals surface area (Å²) in [7, 11) is 0. The first-order valence-electron chi connectivity index (χ1n) is 15.7. The van der Waals surface area contributed by atoms with Gasteiger partial charge in [-0.15, -0.1) is 0 Å². The van der Waals surface area contributed by atoms with Crippen molar-refractivity contribution in [1.29, 1.82) is 0 Å². The molecule has 242 valence electrons. The molecule has 1 aliphatic heterocycles. The first-order valence-corrected chi connectivity index (χ1v) is 18.0. The van der Waals surface area contributed by atoms with Crippen molar-refractivity contribution in [2.75, 3.05) is 18.1 Å². The first kappa shape index (κ1) is 36.9. The number of amides is 4. The normalized spacial score (nSPS) is 24.5. The van der Waals surface area contributed by atoms with Crippen molar-refractivity contribution >= 4 is 47.2 Å². The Morgan fingerprint density at radius 3 is 2.21 bits per heavy atom. The molecule has 0 radical (unpaired) electrons. The average molecular weight is 636 g/mol. The van der Waals surface area contributed by atoms with Gasteiger partial charge in [-0.25, -0.2) is 0 Å². The van der Waals surface area contributed by atoms with Crippen molar-refractivity contribution in [3.8, 4) is 0 Å². The van der Waals surface area contributed by atoms with Crippen LogP contribution in [-0.2, 0) is 30.7 Å². The second-order valence-corrected chi connectivity index (χ2v) is 14.1. The van der Waals surface area contributed by atoms with E-state index in [1.54, 1.807) is 23.5 Å². The van der Waals surface area contributed by atoms with Gasteiger partial charge in [0.25, 0.3) is 0 Å². The van der Waals surface area contributed by atoms with E-state index in [0.717, 1.165) is 23.7 Å². The van der Waals surface area contributed by atoms with E-state index < -0.39 is 29.9 Å². The summed E-state index contributed by atoms with van der Waals surface area (Å²) in [5.41, 5.74) is 8.10. The lowest BCUT2D eigenvalue weighted by molar-refractivity contribution is -0.134. The van der Waals surface area contributed by atoms with Crippen molar-refractivity contribution in [1.82, 2.24) is 21.3 Å². The number of nitrogens with two attached hydrogens (primary N) is 1. The molecule has 5 atom stereocenters. The number of carbonyl (C=O) groups excluding carboxylic acids is 4. The largest absolute Gasteiger partial charge is 0.351 e. The zero-order chi connectivity index (χ0) is 31.8. The monoisotopic (exact) mass is 635 g/mol. The van der Waals surface area contributed by atoms with Crippen LogP contribution >= 0.6 is 23.5 Å². The van der Waals surface area contributed by atoms with E-state index in [4.69, 9.17) is 5.73 Å². The van der Waals surface area contributed by atoms with E-state index in [0.29, 0.717) is 44.4 Å². The molecule has 2 bridgehead atoms. The minimum Gasteiger partial charge on any atom is -0.351 e. The number of carbonyl (C=O) groups is 4. The molecule has 11 heteroatoms. The molecule has 6 N–H and O–H groups in total. The fourth-order valence-electron chi connectivity index (χ4n) is 4.85. The molecular formula is C32H53N5O4S2. The third-order valence-electron chi connectivity index (χ3n) is 7.49. The van der Waals surface area contributed by atoms with Crippen LogP contribution in [0.1, 0.15) is 84.3 Å². The first-order chi connectivity index (χ1) is 20.5. The number of benzene rings is 1. The molecule has 0 saturated carbocycles. The molecule has 1 heterocycles. The predicted molar refractivity (Wildman–Crippen MR) is 179 cm³/mol. The maximum Gasteiger partial charge on any atom is 0.243 e. The number of fused-ring (bicyclic) bond motifs is 2. The molecule has 1 aromatic carbocycles. The summed E-state index contributed by atoms with van der Waals surface area (Å²) in [5.74, 6) is 1.79. The Hall–Kier alpha value is -2.24. The highest BCUT2D eigenvalue weighted by Crippen LogP contribution is 2.19. The molecular weight excluding hydrogens is 583 g/mol. The molecule has 0 fully saturated rings. The van der Waals surface area contributed by atoms with Crippen molar-refractivity contribution in [2.24, 2.45) is 17.6 Å². The molecule has 0 aliphatic carbocycles. The molecule has 43 heavy (non-hydrogen) atoms. The molecule has 0 unspecified atom stereocenters. The average Bonchev–Trinajstić information content (AvgIpc) is 2.96. The Labute approximate surface area is 266 Å². The predicted octanol–water partition coefficient (Wildman–Crippen LogP) is 3.74. The topological polar surface area (TPSA) is 142 Å². The molecule has 9 nitrogen and oxygen atoms in total. The number of unbranched alkanes of at least 4 members (excludes halogenated alkanes) is 1. The summed E-state index contributed by atoms with van der Waals surface area (Å²) < 4.78 is 0. The van der Waals surface area contributed by atoms with Crippen LogP contribution < -0.4 is 27.0 Å². The summed E-state index contributed by atoms with van der Waals surface area (Å²) in [6.45, 7) is 10.4. The van der Waals surface area contributed by atoms with Crippen LogP contribution in [0, 0.1) is 11.8 Å². The SMILES string of the molecule is CC[C@H](C)[C@@H]1NC(=O)[C@H](CC(C)C)NC(=O)[C@H](CCCCN)NC(=O)CCSCc2cccc(c2)CSC[C@@H](C)NC1=O. The van der Waals surface area contributed by atoms with E-state index >= 15 is 0 Å². The maximum absolute atomic E-state index is 13.6. The number of hydrogen-bond acceptors (Lipinski definition) is 7. The lowest BCUT2D eigenvalue weighted by atomic mass is 9.96. The summed E-state index contributed by atoms with van der Waals surface area (Å²) in [6, 6.07) is 6.02. The molecule has 2 rings (SSSR count). The highest BCUT2D eigenvalue weighted by Gasteiger charge is 2.32. The van der Waals surface area contributed by atoms with Gasteiger partial charge in [0.15, 0.2) is 0 Å². The zero-order valence-electron chi connectivity index (χ0n) is 26.6. The van der Waals surface area contributed by atoms with Gasteiger partial charge in [-0.3, -0.25) is 19.2 Å². The van der Waals surface area contributed by atoms with Crippen LogP contribution in [0.15, 0.2) is 24.3 Å². The molecule has 1 aromatic rings. The lowest BCUT2D eigenvalue weighted by Crippen LogP contribution is -2.58. The van der Waals surface area contributed by atoms with Crippen LogP contribution in [0.3, 0.4) is 0 Å². The Bertz CT molecular complexity index is 1040. The minimum absolute atomic E-state index is 0.0818. The fourth-order valence-corrected chi connectivity index (χ4v) is 6.71. The van der Waals surface area contributed by atoms with Gasteiger partial charge in [-0.05, 0) is 62.1 Å². The smallest absolute Gasteiger partial charge is 0.243 e. The van der Waals surface area contributed by atoms with Gasteiger partial charge in [0.05, 0.1) is 0 Å². The van der Waals surface area contributed by atoms with Crippen molar-refractivity contribution < 1.29 is 19.2 Å². The van der Waals surface area contributed by atoms with Gasteiger partial charge >= 0.3 is 0 Å². The van der Waals surface area contributed by atoms with E-state index in [-0.39, 0.29) is 29.7 Å². The Balaban J connectivity index is 2.32. The Morgan fingerprint density at radius 1 is 0.884 bits per heavy atom. The van der Waals surface area contributed by atoms with Crippen LogP contribution in [0.5, 0.6) is 0 Å². The van der Waals surface area contributed by atoms with Crippen LogP contribution in [0.4, 0.5) is 0 Å². The summed E-state index contributed by atoms with van der Waals surface area (Å²) >= 11 is 3.44. The third-order valence-corrected chi connectivity index (χ3v) is 9.79. The highest BCUT2D eigenvalue weighted by atomic mass is 32.2. The summed E-state index contributed by atoms with van der Waals surface area (Å²) in [5, 5.41) is 11.8. The van der Waals surface area contributed by atoms with E-state index in [9.17, 15) is 19.2 Å². The minimum atomic E-state index is -0.837. The van der Waals surface area contributed by atoms with Crippen LogP contribution in [0.25, 0.3) is 0 Å². The second-order valence-electron chi connectivity index (χ2n) is 12.0. The van der Waals surface area contributed by atoms with Crippen molar-refractivity contribution in [3.63, 3.8) is 0 Å². The van der Waals surface area contributed by atoms with Crippen molar-refractivity contribution in [3.05, 3.63) is 35.4 Å². The van der Waals surface area contributed by atoms with Gasteiger partial charge in [0.1, 0.15) is 18.1 Å². The number of rotatable bonds is 8. The molecule has 0 aromatic heterocycles. The fraction of sp³-hybridized carbons (Fsp3) is 0.688. The van der Waals surface area contributed by atoms with Gasteiger partial charge in [0.2, 0.25) is 23.6 Å². The quantitative estimate of drug-likeness (QED) is 0.274.